The molecule has 5 N–H and O–H groups in total. The number of rotatable bonds is 11. The first-order valence-corrected chi connectivity index (χ1v) is 12.2. The molecular weight excluding hydrogens is 531 g/mol. The van der Waals surface area contributed by atoms with E-state index in [-0.39, 0.29) is 17.7 Å². The van der Waals surface area contributed by atoms with Gasteiger partial charge in [0.1, 0.15) is 12.1 Å². The van der Waals surface area contributed by atoms with E-state index >= 15 is 0 Å². The van der Waals surface area contributed by atoms with Gasteiger partial charge in [-0.3, -0.25) is 14.4 Å². The molecule has 3 amide bonds. The van der Waals surface area contributed by atoms with Gasteiger partial charge in [-0.25, -0.2) is 0 Å². The molecule has 0 aliphatic rings. The SMILES string of the molecule is CC(C)C[C@@H](N)C(=O)N[C@@H](C)C(=O)N[C@@H](Cc1ccccc1)C(=O)NCc1ccccc1I. The van der Waals surface area contributed by atoms with Crippen LogP contribution in [0, 0.1) is 9.49 Å². The molecule has 33 heavy (non-hydrogen) atoms. The van der Waals surface area contributed by atoms with Gasteiger partial charge in [0.05, 0.1) is 6.04 Å². The van der Waals surface area contributed by atoms with Gasteiger partial charge in [0.15, 0.2) is 0 Å². The third-order valence-electron chi connectivity index (χ3n) is 5.14. The summed E-state index contributed by atoms with van der Waals surface area (Å²) < 4.78 is 1.05. The molecule has 0 radical (unpaired) electrons. The van der Waals surface area contributed by atoms with E-state index in [0.717, 1.165) is 14.7 Å². The van der Waals surface area contributed by atoms with E-state index in [9.17, 15) is 14.4 Å². The fraction of sp³-hybridized carbons (Fsp3) is 0.400. The number of carbonyl (C=O) groups excluding carboxylic acids is 3. The molecule has 0 saturated carbocycles. The van der Waals surface area contributed by atoms with Crippen molar-refractivity contribution in [3.8, 4) is 0 Å². The van der Waals surface area contributed by atoms with Crippen LogP contribution in [0.25, 0.3) is 0 Å². The van der Waals surface area contributed by atoms with Gasteiger partial charge in [0.25, 0.3) is 0 Å². The Bertz CT molecular complexity index is 936. The zero-order valence-electron chi connectivity index (χ0n) is 19.3. The van der Waals surface area contributed by atoms with Crippen molar-refractivity contribution in [2.45, 2.75) is 58.3 Å². The third kappa shape index (κ3) is 9.13. The standard InChI is InChI=1S/C25H33IN4O3/c1-16(2)13-21(27)24(32)29-17(3)23(31)30-22(14-18-9-5-4-6-10-18)25(33)28-15-19-11-7-8-12-20(19)26/h4-12,16-17,21-22H,13-15,27H2,1-3H3,(H,28,33)(H,29,32)(H,30,31)/t17-,21+,22-/m0/s1. The molecular formula is C25H33IN4O3. The molecule has 0 spiro atoms. The third-order valence-corrected chi connectivity index (χ3v) is 6.19. The average molecular weight is 564 g/mol. The van der Waals surface area contributed by atoms with Crippen LogP contribution in [0.2, 0.25) is 0 Å². The van der Waals surface area contributed by atoms with Crippen LogP contribution in [0.15, 0.2) is 54.6 Å². The highest BCUT2D eigenvalue weighted by Gasteiger charge is 2.26. The Kier molecular flexibility index (Phi) is 10.8. The highest BCUT2D eigenvalue weighted by molar-refractivity contribution is 14.1. The lowest BCUT2D eigenvalue weighted by atomic mass is 10.0. The average Bonchev–Trinajstić information content (AvgIpc) is 2.78. The van der Waals surface area contributed by atoms with Crippen LogP contribution in [-0.2, 0) is 27.3 Å². The molecule has 2 aromatic carbocycles. The van der Waals surface area contributed by atoms with Crippen molar-refractivity contribution in [3.05, 3.63) is 69.3 Å². The smallest absolute Gasteiger partial charge is 0.243 e. The highest BCUT2D eigenvalue weighted by atomic mass is 127. The van der Waals surface area contributed by atoms with E-state index in [1.165, 1.54) is 0 Å². The molecule has 0 bridgehead atoms. The van der Waals surface area contributed by atoms with Crippen LogP contribution < -0.4 is 21.7 Å². The van der Waals surface area contributed by atoms with Crippen molar-refractivity contribution in [1.82, 2.24) is 16.0 Å². The minimum Gasteiger partial charge on any atom is -0.350 e. The van der Waals surface area contributed by atoms with Crippen LogP contribution in [0.5, 0.6) is 0 Å². The molecule has 7 nitrogen and oxygen atoms in total. The van der Waals surface area contributed by atoms with Crippen LogP contribution >= 0.6 is 22.6 Å². The Morgan fingerprint density at radius 2 is 1.52 bits per heavy atom. The van der Waals surface area contributed by atoms with Gasteiger partial charge < -0.3 is 21.7 Å². The largest absolute Gasteiger partial charge is 0.350 e. The number of carbonyl (C=O) groups is 3. The summed E-state index contributed by atoms with van der Waals surface area (Å²) in [7, 11) is 0. The summed E-state index contributed by atoms with van der Waals surface area (Å²) in [4.78, 5) is 38.1. The normalized spacial score (nSPS) is 13.6. The summed E-state index contributed by atoms with van der Waals surface area (Å²) in [6.45, 7) is 5.90. The van der Waals surface area contributed by atoms with E-state index in [1.807, 2.05) is 68.4 Å². The van der Waals surface area contributed by atoms with Gasteiger partial charge >= 0.3 is 0 Å². The predicted octanol–water partition coefficient (Wildman–Crippen LogP) is 2.51. The molecule has 0 fully saturated rings. The number of nitrogens with two attached hydrogens (primary N) is 1. The second-order valence-corrected chi connectivity index (χ2v) is 9.69. The van der Waals surface area contributed by atoms with E-state index < -0.39 is 24.0 Å². The first-order valence-electron chi connectivity index (χ1n) is 11.1. The molecule has 0 unspecified atom stereocenters. The van der Waals surface area contributed by atoms with Crippen molar-refractivity contribution < 1.29 is 14.4 Å². The summed E-state index contributed by atoms with van der Waals surface area (Å²) in [5, 5.41) is 8.36. The topological polar surface area (TPSA) is 113 Å². The summed E-state index contributed by atoms with van der Waals surface area (Å²) in [5.41, 5.74) is 7.83. The lowest BCUT2D eigenvalue weighted by molar-refractivity contribution is -0.132. The molecule has 178 valence electrons. The number of benzene rings is 2. The van der Waals surface area contributed by atoms with Crippen LogP contribution in [0.4, 0.5) is 0 Å². The second-order valence-electron chi connectivity index (χ2n) is 8.53. The van der Waals surface area contributed by atoms with Gasteiger partial charge in [-0.1, -0.05) is 62.4 Å². The zero-order valence-corrected chi connectivity index (χ0v) is 21.5. The van der Waals surface area contributed by atoms with E-state index in [1.54, 1.807) is 6.92 Å². The molecule has 0 aliphatic heterocycles. The van der Waals surface area contributed by atoms with Crippen molar-refractivity contribution >= 4 is 40.3 Å². The van der Waals surface area contributed by atoms with Gasteiger partial charge in [-0.2, -0.15) is 0 Å². The lowest BCUT2D eigenvalue weighted by Crippen LogP contribution is -2.55. The van der Waals surface area contributed by atoms with Gasteiger partial charge in [-0.15, -0.1) is 0 Å². The van der Waals surface area contributed by atoms with Crippen molar-refractivity contribution in [1.29, 1.82) is 0 Å². The fourth-order valence-corrected chi connectivity index (χ4v) is 3.88. The summed E-state index contributed by atoms with van der Waals surface area (Å²) >= 11 is 2.22. The summed E-state index contributed by atoms with van der Waals surface area (Å²) in [5.74, 6) is -0.845. The Hall–Kier alpha value is -2.46. The molecule has 8 heteroatoms. The molecule has 0 aliphatic carbocycles. The summed E-state index contributed by atoms with van der Waals surface area (Å²) in [6.07, 6.45) is 0.856. The predicted molar refractivity (Wildman–Crippen MR) is 138 cm³/mol. The lowest BCUT2D eigenvalue weighted by Gasteiger charge is -2.23. The second kappa shape index (κ2) is 13.3. The fourth-order valence-electron chi connectivity index (χ4n) is 3.30. The molecule has 2 aromatic rings. The van der Waals surface area contributed by atoms with Crippen molar-refractivity contribution in [2.24, 2.45) is 11.7 Å². The Labute approximate surface area is 209 Å². The van der Waals surface area contributed by atoms with Crippen LogP contribution in [0.1, 0.15) is 38.3 Å². The Balaban J connectivity index is 2.04. The first kappa shape index (κ1) is 26.8. The monoisotopic (exact) mass is 564 g/mol. The number of amides is 3. The van der Waals surface area contributed by atoms with Crippen molar-refractivity contribution in [2.75, 3.05) is 0 Å². The molecule has 0 saturated heterocycles. The van der Waals surface area contributed by atoms with Crippen LogP contribution in [-0.4, -0.2) is 35.8 Å². The van der Waals surface area contributed by atoms with Crippen molar-refractivity contribution in [3.63, 3.8) is 0 Å². The van der Waals surface area contributed by atoms with Gasteiger partial charge in [0, 0.05) is 16.5 Å². The summed E-state index contributed by atoms with van der Waals surface area (Å²) in [6, 6.07) is 15.0. The zero-order chi connectivity index (χ0) is 24.4. The molecule has 0 heterocycles. The minimum absolute atomic E-state index is 0.265. The number of hydrogen-bond acceptors (Lipinski definition) is 4. The van der Waals surface area contributed by atoms with E-state index in [0.29, 0.717) is 19.4 Å². The van der Waals surface area contributed by atoms with E-state index in [4.69, 9.17) is 5.73 Å². The van der Waals surface area contributed by atoms with E-state index in [2.05, 4.69) is 38.5 Å². The molecule has 0 aromatic heterocycles. The highest BCUT2D eigenvalue weighted by Crippen LogP contribution is 2.11. The minimum atomic E-state index is -0.822. The first-order chi connectivity index (χ1) is 15.7. The van der Waals surface area contributed by atoms with Crippen LogP contribution in [0.3, 0.4) is 0 Å². The quantitative estimate of drug-likeness (QED) is 0.314. The number of halogens is 1. The maximum Gasteiger partial charge on any atom is 0.243 e. The van der Waals surface area contributed by atoms with Gasteiger partial charge in [-0.05, 0) is 59.0 Å². The maximum absolute atomic E-state index is 13.0. The molecule has 3 atom stereocenters. The maximum atomic E-state index is 13.0. The Morgan fingerprint density at radius 1 is 0.879 bits per heavy atom. The van der Waals surface area contributed by atoms with Gasteiger partial charge in [0.2, 0.25) is 17.7 Å². The Morgan fingerprint density at radius 3 is 2.15 bits per heavy atom. The molecule has 2 rings (SSSR count). The number of nitrogens with one attached hydrogen (secondary N) is 3. The number of hydrogen-bond donors (Lipinski definition) is 4.